The molecule has 1 fully saturated rings. The van der Waals surface area contributed by atoms with Gasteiger partial charge in [0, 0.05) is 5.75 Å². The van der Waals surface area contributed by atoms with Gasteiger partial charge in [0.2, 0.25) is 5.91 Å². The van der Waals surface area contributed by atoms with Gasteiger partial charge in [0.1, 0.15) is 6.04 Å². The van der Waals surface area contributed by atoms with Crippen LogP contribution in [0.25, 0.3) is 0 Å². The van der Waals surface area contributed by atoms with Crippen molar-refractivity contribution in [1.82, 2.24) is 10.6 Å². The Hall–Kier alpha value is -0.750. The minimum absolute atomic E-state index is 0.105. The summed E-state index contributed by atoms with van der Waals surface area (Å²) in [6, 6.07) is -1.13. The number of carboxylic acids is 1. The fraction of sp³-hybridized carbons (Fsp3) is 0.750. The first kappa shape index (κ1) is 11.3. The Kier molecular flexibility index (Phi) is 4.21. The van der Waals surface area contributed by atoms with E-state index in [-0.39, 0.29) is 17.7 Å². The number of carbonyl (C=O) groups is 2. The monoisotopic (exact) mass is 218 g/mol. The number of amides is 1. The second-order valence-electron chi connectivity index (χ2n) is 3.23. The number of aliphatic carboxylic acids is 1. The SMILES string of the molecule is O=C(O)C(CS)NC(=O)C1CCCN1. The standard InChI is InChI=1S/C8H14N2O3S/c11-7(5-2-1-3-9-5)10-6(4-14)8(12)13/h5-6,9,14H,1-4H2,(H,10,11)(H,12,13). The Balaban J connectivity index is 2.41. The lowest BCUT2D eigenvalue weighted by molar-refractivity contribution is -0.141. The topological polar surface area (TPSA) is 78.4 Å². The summed E-state index contributed by atoms with van der Waals surface area (Å²) < 4.78 is 0. The lowest BCUT2D eigenvalue weighted by Gasteiger charge is -2.15. The average Bonchev–Trinajstić information content (AvgIpc) is 2.65. The molecule has 0 spiro atoms. The molecule has 1 rings (SSSR count). The van der Waals surface area contributed by atoms with Gasteiger partial charge in [0.25, 0.3) is 0 Å². The predicted molar refractivity (Wildman–Crippen MR) is 54.4 cm³/mol. The summed E-state index contributed by atoms with van der Waals surface area (Å²) in [4.78, 5) is 22.0. The van der Waals surface area contributed by atoms with Crippen LogP contribution in [0.4, 0.5) is 0 Å². The van der Waals surface area contributed by atoms with E-state index in [2.05, 4.69) is 23.3 Å². The van der Waals surface area contributed by atoms with Gasteiger partial charge in [-0.15, -0.1) is 0 Å². The molecule has 1 amide bonds. The van der Waals surface area contributed by atoms with E-state index in [1.165, 1.54) is 0 Å². The fourth-order valence-electron chi connectivity index (χ4n) is 1.37. The van der Waals surface area contributed by atoms with Gasteiger partial charge in [-0.05, 0) is 19.4 Å². The van der Waals surface area contributed by atoms with Gasteiger partial charge in [0.15, 0.2) is 0 Å². The number of carbonyl (C=O) groups excluding carboxylic acids is 1. The van der Waals surface area contributed by atoms with Crippen LogP contribution in [-0.2, 0) is 9.59 Å². The molecule has 0 aromatic carbocycles. The van der Waals surface area contributed by atoms with E-state index in [0.717, 1.165) is 19.4 Å². The van der Waals surface area contributed by atoms with Crippen LogP contribution in [-0.4, -0.2) is 41.4 Å². The van der Waals surface area contributed by atoms with Crippen molar-refractivity contribution in [3.63, 3.8) is 0 Å². The summed E-state index contributed by atoms with van der Waals surface area (Å²) in [5.74, 6) is -1.19. The van der Waals surface area contributed by atoms with Crippen LogP contribution in [0.3, 0.4) is 0 Å². The lowest BCUT2D eigenvalue weighted by Crippen LogP contribution is -2.49. The van der Waals surface area contributed by atoms with Gasteiger partial charge in [-0.25, -0.2) is 4.79 Å². The summed E-state index contributed by atoms with van der Waals surface area (Å²) in [6.07, 6.45) is 1.72. The Morgan fingerprint density at radius 3 is 2.79 bits per heavy atom. The normalized spacial score (nSPS) is 23.1. The smallest absolute Gasteiger partial charge is 0.327 e. The maximum atomic E-state index is 11.4. The lowest BCUT2D eigenvalue weighted by atomic mass is 10.2. The predicted octanol–water partition coefficient (Wildman–Crippen LogP) is -0.762. The molecule has 0 saturated carbocycles. The first-order valence-electron chi connectivity index (χ1n) is 4.52. The summed E-state index contributed by atoms with van der Waals surface area (Å²) in [6.45, 7) is 0.816. The number of carboxylic acid groups (broad SMARTS) is 1. The molecule has 14 heavy (non-hydrogen) atoms. The van der Waals surface area contributed by atoms with Crippen molar-refractivity contribution in [1.29, 1.82) is 0 Å². The molecule has 0 bridgehead atoms. The van der Waals surface area contributed by atoms with Crippen LogP contribution >= 0.6 is 12.6 Å². The summed E-state index contributed by atoms with van der Waals surface area (Å²) in [5, 5.41) is 14.1. The molecule has 80 valence electrons. The Morgan fingerprint density at radius 2 is 2.36 bits per heavy atom. The third-order valence-corrected chi connectivity index (χ3v) is 2.54. The number of thiol groups is 1. The van der Waals surface area contributed by atoms with E-state index in [4.69, 9.17) is 5.11 Å². The van der Waals surface area contributed by atoms with Crippen molar-refractivity contribution >= 4 is 24.5 Å². The molecule has 0 radical (unpaired) electrons. The van der Waals surface area contributed by atoms with Crippen LogP contribution in [0, 0.1) is 0 Å². The molecule has 1 saturated heterocycles. The maximum Gasteiger partial charge on any atom is 0.327 e. The van der Waals surface area contributed by atoms with E-state index in [0.29, 0.717) is 0 Å². The zero-order valence-corrected chi connectivity index (χ0v) is 8.59. The van der Waals surface area contributed by atoms with Crippen molar-refractivity contribution in [3.05, 3.63) is 0 Å². The van der Waals surface area contributed by atoms with Crippen molar-refractivity contribution in [2.75, 3.05) is 12.3 Å². The molecule has 3 N–H and O–H groups in total. The summed E-state index contributed by atoms with van der Waals surface area (Å²) >= 11 is 3.86. The van der Waals surface area contributed by atoms with Crippen LogP contribution < -0.4 is 10.6 Å². The van der Waals surface area contributed by atoms with E-state index < -0.39 is 12.0 Å². The van der Waals surface area contributed by atoms with Crippen LogP contribution in [0.5, 0.6) is 0 Å². The van der Waals surface area contributed by atoms with E-state index in [9.17, 15) is 9.59 Å². The number of hydrogen-bond donors (Lipinski definition) is 4. The van der Waals surface area contributed by atoms with Crippen LogP contribution in [0.1, 0.15) is 12.8 Å². The van der Waals surface area contributed by atoms with Gasteiger partial charge < -0.3 is 15.7 Å². The van der Waals surface area contributed by atoms with E-state index >= 15 is 0 Å². The number of hydrogen-bond acceptors (Lipinski definition) is 4. The van der Waals surface area contributed by atoms with Crippen LogP contribution in [0.2, 0.25) is 0 Å². The highest BCUT2D eigenvalue weighted by Crippen LogP contribution is 2.05. The molecule has 6 heteroatoms. The largest absolute Gasteiger partial charge is 0.480 e. The first-order chi connectivity index (χ1) is 6.65. The second kappa shape index (κ2) is 5.21. The van der Waals surface area contributed by atoms with E-state index in [1.807, 2.05) is 0 Å². The zero-order valence-electron chi connectivity index (χ0n) is 7.69. The maximum absolute atomic E-state index is 11.4. The highest BCUT2D eigenvalue weighted by Gasteiger charge is 2.26. The molecule has 2 unspecified atom stereocenters. The first-order valence-corrected chi connectivity index (χ1v) is 5.16. The highest BCUT2D eigenvalue weighted by molar-refractivity contribution is 7.80. The minimum Gasteiger partial charge on any atom is -0.480 e. The molecular weight excluding hydrogens is 204 g/mol. The molecule has 2 atom stereocenters. The van der Waals surface area contributed by atoms with Crippen molar-refractivity contribution in [2.45, 2.75) is 24.9 Å². The quantitative estimate of drug-likeness (QED) is 0.468. The second-order valence-corrected chi connectivity index (χ2v) is 3.60. The molecule has 5 nitrogen and oxygen atoms in total. The highest BCUT2D eigenvalue weighted by atomic mass is 32.1. The average molecular weight is 218 g/mol. The molecule has 1 aliphatic heterocycles. The zero-order chi connectivity index (χ0) is 10.6. The Morgan fingerprint density at radius 1 is 1.64 bits per heavy atom. The molecular formula is C8H14N2O3S. The number of rotatable bonds is 4. The van der Waals surface area contributed by atoms with Gasteiger partial charge in [-0.2, -0.15) is 12.6 Å². The minimum atomic E-state index is -1.05. The molecule has 0 aromatic heterocycles. The summed E-state index contributed by atoms with van der Waals surface area (Å²) in [7, 11) is 0. The van der Waals surface area contributed by atoms with Crippen molar-refractivity contribution in [2.24, 2.45) is 0 Å². The van der Waals surface area contributed by atoms with Crippen molar-refractivity contribution in [3.8, 4) is 0 Å². The summed E-state index contributed by atoms with van der Waals surface area (Å²) in [5.41, 5.74) is 0. The third-order valence-electron chi connectivity index (χ3n) is 2.17. The molecule has 0 aromatic rings. The van der Waals surface area contributed by atoms with Gasteiger partial charge in [0.05, 0.1) is 6.04 Å². The molecule has 1 heterocycles. The van der Waals surface area contributed by atoms with Gasteiger partial charge in [-0.1, -0.05) is 0 Å². The van der Waals surface area contributed by atoms with Crippen molar-refractivity contribution < 1.29 is 14.7 Å². The molecule has 0 aliphatic carbocycles. The van der Waals surface area contributed by atoms with Crippen LogP contribution in [0.15, 0.2) is 0 Å². The van der Waals surface area contributed by atoms with Gasteiger partial charge >= 0.3 is 5.97 Å². The van der Waals surface area contributed by atoms with E-state index in [1.54, 1.807) is 0 Å². The number of nitrogens with one attached hydrogen (secondary N) is 2. The Labute approximate surface area is 87.7 Å². The van der Waals surface area contributed by atoms with Gasteiger partial charge in [-0.3, -0.25) is 4.79 Å². The fourth-order valence-corrected chi connectivity index (χ4v) is 1.61. The molecule has 1 aliphatic rings. The third kappa shape index (κ3) is 2.88. The Bertz CT molecular complexity index is 229.